The Balaban J connectivity index is 1.96. The Labute approximate surface area is 114 Å². The predicted molar refractivity (Wildman–Crippen MR) is 77.7 cm³/mol. The Morgan fingerprint density at radius 1 is 1.26 bits per heavy atom. The van der Waals surface area contributed by atoms with E-state index in [2.05, 4.69) is 41.9 Å². The van der Waals surface area contributed by atoms with Crippen molar-refractivity contribution < 1.29 is 0 Å². The first-order valence-electron chi connectivity index (χ1n) is 7.20. The van der Waals surface area contributed by atoms with Crippen molar-refractivity contribution in [2.75, 3.05) is 6.54 Å². The second-order valence-corrected chi connectivity index (χ2v) is 5.31. The van der Waals surface area contributed by atoms with Gasteiger partial charge in [0.15, 0.2) is 0 Å². The lowest BCUT2D eigenvalue weighted by atomic mass is 10.1. The van der Waals surface area contributed by atoms with E-state index in [1.807, 2.05) is 0 Å². The molecule has 0 aliphatic heterocycles. The van der Waals surface area contributed by atoms with Gasteiger partial charge in [-0.25, -0.2) is 4.68 Å². The van der Waals surface area contributed by atoms with Crippen molar-refractivity contribution in [2.24, 2.45) is 5.73 Å². The Bertz CT molecular complexity index is 550. The monoisotopic (exact) mass is 255 g/mol. The van der Waals surface area contributed by atoms with Gasteiger partial charge < -0.3 is 5.73 Å². The van der Waals surface area contributed by atoms with Gasteiger partial charge >= 0.3 is 0 Å². The van der Waals surface area contributed by atoms with Gasteiger partial charge in [0, 0.05) is 18.0 Å². The highest BCUT2D eigenvalue weighted by atomic mass is 15.3. The zero-order valence-electron chi connectivity index (χ0n) is 11.5. The highest BCUT2D eigenvalue weighted by Gasteiger charge is 2.28. The molecular formula is C16H21N3. The predicted octanol–water partition coefficient (Wildman–Crippen LogP) is 2.81. The summed E-state index contributed by atoms with van der Waals surface area (Å²) in [6.07, 6.45) is 4.52. The second kappa shape index (κ2) is 5.17. The van der Waals surface area contributed by atoms with Crippen LogP contribution in [0.4, 0.5) is 0 Å². The Morgan fingerprint density at radius 3 is 2.58 bits per heavy atom. The number of aromatic nitrogens is 2. The van der Waals surface area contributed by atoms with Crippen molar-refractivity contribution in [3.63, 3.8) is 0 Å². The number of rotatable bonds is 5. The van der Waals surface area contributed by atoms with Gasteiger partial charge in [-0.2, -0.15) is 5.10 Å². The van der Waals surface area contributed by atoms with Crippen molar-refractivity contribution in [1.29, 1.82) is 0 Å². The molecule has 1 fully saturated rings. The number of aryl methyl sites for hydroxylation is 1. The lowest BCUT2D eigenvalue weighted by molar-refractivity contribution is 0.781. The standard InChI is InChI=1S/C16H21N3/c1-2-12-3-7-15(8-4-12)19-16(13-5-6-13)11-14(18-19)9-10-17/h3-4,7-8,11,13H,2,5-6,9-10,17H2,1H3. The van der Waals surface area contributed by atoms with Crippen molar-refractivity contribution in [1.82, 2.24) is 9.78 Å². The molecule has 19 heavy (non-hydrogen) atoms. The normalized spacial score (nSPS) is 14.8. The van der Waals surface area contributed by atoms with E-state index in [0.29, 0.717) is 12.5 Å². The molecule has 0 atom stereocenters. The third kappa shape index (κ3) is 2.56. The number of nitrogens with zero attached hydrogens (tertiary/aromatic N) is 2. The van der Waals surface area contributed by atoms with E-state index < -0.39 is 0 Å². The van der Waals surface area contributed by atoms with Gasteiger partial charge in [-0.15, -0.1) is 0 Å². The van der Waals surface area contributed by atoms with Crippen LogP contribution in [0.2, 0.25) is 0 Å². The van der Waals surface area contributed by atoms with Gasteiger partial charge in [-0.3, -0.25) is 0 Å². The molecular weight excluding hydrogens is 234 g/mol. The average Bonchev–Trinajstić information content (AvgIpc) is 3.21. The molecule has 0 saturated heterocycles. The first-order valence-corrected chi connectivity index (χ1v) is 7.20. The van der Waals surface area contributed by atoms with Crippen LogP contribution in [0.1, 0.15) is 42.6 Å². The molecule has 0 radical (unpaired) electrons. The van der Waals surface area contributed by atoms with E-state index in [0.717, 1.165) is 18.5 Å². The third-order valence-corrected chi connectivity index (χ3v) is 3.77. The molecule has 3 heteroatoms. The molecule has 3 nitrogen and oxygen atoms in total. The van der Waals surface area contributed by atoms with E-state index in [9.17, 15) is 0 Å². The van der Waals surface area contributed by atoms with Gasteiger partial charge in [0.1, 0.15) is 0 Å². The molecule has 1 heterocycles. The summed E-state index contributed by atoms with van der Waals surface area (Å²) in [7, 11) is 0. The highest BCUT2D eigenvalue weighted by molar-refractivity contribution is 5.38. The maximum absolute atomic E-state index is 5.64. The minimum absolute atomic E-state index is 0.663. The lowest BCUT2D eigenvalue weighted by Crippen LogP contribution is -2.05. The van der Waals surface area contributed by atoms with Gasteiger partial charge in [0.2, 0.25) is 0 Å². The number of benzene rings is 1. The lowest BCUT2D eigenvalue weighted by Gasteiger charge is -2.07. The third-order valence-electron chi connectivity index (χ3n) is 3.77. The summed E-state index contributed by atoms with van der Waals surface area (Å²) in [6, 6.07) is 11.0. The number of hydrogen-bond acceptors (Lipinski definition) is 2. The molecule has 2 aromatic rings. The minimum atomic E-state index is 0.663. The van der Waals surface area contributed by atoms with Crippen LogP contribution in [0.5, 0.6) is 0 Å². The SMILES string of the molecule is CCc1ccc(-n2nc(CCN)cc2C2CC2)cc1. The molecule has 2 N–H and O–H groups in total. The van der Waals surface area contributed by atoms with Crippen LogP contribution in [-0.2, 0) is 12.8 Å². The van der Waals surface area contributed by atoms with Crippen LogP contribution >= 0.6 is 0 Å². The molecule has 1 aromatic carbocycles. The smallest absolute Gasteiger partial charge is 0.0649 e. The van der Waals surface area contributed by atoms with Crippen molar-refractivity contribution in [2.45, 2.75) is 38.5 Å². The minimum Gasteiger partial charge on any atom is -0.330 e. The van der Waals surface area contributed by atoms with Crippen LogP contribution < -0.4 is 5.73 Å². The summed E-state index contributed by atoms with van der Waals surface area (Å²) in [5.41, 5.74) is 10.6. The maximum atomic E-state index is 5.64. The van der Waals surface area contributed by atoms with Gasteiger partial charge in [-0.05, 0) is 49.6 Å². The van der Waals surface area contributed by atoms with Crippen LogP contribution in [-0.4, -0.2) is 16.3 Å². The molecule has 0 unspecified atom stereocenters. The number of nitrogens with two attached hydrogens (primary N) is 1. The Hall–Kier alpha value is -1.61. The first-order chi connectivity index (χ1) is 9.31. The zero-order valence-corrected chi connectivity index (χ0v) is 11.5. The Kier molecular flexibility index (Phi) is 3.38. The Morgan fingerprint density at radius 2 is 2.00 bits per heavy atom. The van der Waals surface area contributed by atoms with Crippen molar-refractivity contribution in [3.05, 3.63) is 47.3 Å². The summed E-state index contributed by atoms with van der Waals surface area (Å²) in [4.78, 5) is 0. The molecule has 1 aliphatic rings. The fourth-order valence-electron chi connectivity index (χ4n) is 2.47. The number of hydrogen-bond donors (Lipinski definition) is 1. The van der Waals surface area contributed by atoms with Gasteiger partial charge in [-0.1, -0.05) is 19.1 Å². The van der Waals surface area contributed by atoms with E-state index in [1.54, 1.807) is 0 Å². The second-order valence-electron chi connectivity index (χ2n) is 5.31. The molecule has 0 bridgehead atoms. The van der Waals surface area contributed by atoms with E-state index in [-0.39, 0.29) is 0 Å². The molecule has 1 aromatic heterocycles. The maximum Gasteiger partial charge on any atom is 0.0649 e. The summed E-state index contributed by atoms with van der Waals surface area (Å²) < 4.78 is 2.11. The first kappa shape index (κ1) is 12.4. The summed E-state index contributed by atoms with van der Waals surface area (Å²) >= 11 is 0. The quantitative estimate of drug-likeness (QED) is 0.892. The highest BCUT2D eigenvalue weighted by Crippen LogP contribution is 2.41. The van der Waals surface area contributed by atoms with Crippen LogP contribution in [0.15, 0.2) is 30.3 Å². The topological polar surface area (TPSA) is 43.8 Å². The van der Waals surface area contributed by atoms with Crippen LogP contribution in [0.25, 0.3) is 5.69 Å². The molecule has 0 amide bonds. The van der Waals surface area contributed by atoms with Crippen molar-refractivity contribution >= 4 is 0 Å². The van der Waals surface area contributed by atoms with E-state index in [4.69, 9.17) is 10.8 Å². The van der Waals surface area contributed by atoms with Crippen molar-refractivity contribution in [3.8, 4) is 5.69 Å². The van der Waals surface area contributed by atoms with Crippen LogP contribution in [0, 0.1) is 0 Å². The largest absolute Gasteiger partial charge is 0.330 e. The molecule has 3 rings (SSSR count). The molecule has 100 valence electrons. The summed E-state index contributed by atoms with van der Waals surface area (Å²) in [5, 5.41) is 4.72. The molecule has 1 aliphatic carbocycles. The zero-order chi connectivity index (χ0) is 13.2. The van der Waals surface area contributed by atoms with Gasteiger partial charge in [0.05, 0.1) is 11.4 Å². The fraction of sp³-hybridized carbons (Fsp3) is 0.438. The van der Waals surface area contributed by atoms with E-state index >= 15 is 0 Å². The molecule has 0 spiro atoms. The fourth-order valence-corrected chi connectivity index (χ4v) is 2.47. The molecule has 1 saturated carbocycles. The van der Waals surface area contributed by atoms with Gasteiger partial charge in [0.25, 0.3) is 0 Å². The summed E-state index contributed by atoms with van der Waals surface area (Å²) in [6.45, 7) is 2.84. The van der Waals surface area contributed by atoms with Crippen LogP contribution in [0.3, 0.4) is 0 Å². The van der Waals surface area contributed by atoms with E-state index in [1.165, 1.54) is 29.8 Å². The summed E-state index contributed by atoms with van der Waals surface area (Å²) in [5.74, 6) is 0.699. The average molecular weight is 255 g/mol.